The Labute approximate surface area is 97.0 Å². The number of rotatable bonds is 2. The molecule has 0 saturated carbocycles. The van der Waals surface area contributed by atoms with E-state index in [2.05, 4.69) is 10.1 Å². The highest BCUT2D eigenvalue weighted by Crippen LogP contribution is 2.22. The molecule has 0 atom stereocenters. The maximum absolute atomic E-state index is 5.99. The van der Waals surface area contributed by atoms with Gasteiger partial charge in [0.2, 0.25) is 0 Å². The summed E-state index contributed by atoms with van der Waals surface area (Å²) >= 11 is 11.8. The van der Waals surface area contributed by atoms with Crippen LogP contribution in [0.1, 0.15) is 5.56 Å². The molecule has 1 aromatic carbocycles. The van der Waals surface area contributed by atoms with E-state index in [1.807, 2.05) is 12.1 Å². The van der Waals surface area contributed by atoms with Crippen molar-refractivity contribution >= 4 is 35.5 Å². The van der Waals surface area contributed by atoms with Gasteiger partial charge in [-0.15, -0.1) is 0 Å². The highest BCUT2D eigenvalue weighted by molar-refractivity contribution is 6.35. The lowest BCUT2D eigenvalue weighted by molar-refractivity contribution is 0.937. The van der Waals surface area contributed by atoms with E-state index in [4.69, 9.17) is 23.2 Å². The Bertz CT molecular complexity index is 477. The van der Waals surface area contributed by atoms with E-state index in [1.54, 1.807) is 29.3 Å². The van der Waals surface area contributed by atoms with Crippen LogP contribution < -0.4 is 0 Å². The molecular formula is C10H7Cl2N3. The minimum absolute atomic E-state index is 0.610. The molecule has 0 aliphatic carbocycles. The topological polar surface area (TPSA) is 30.7 Å². The minimum Gasteiger partial charge on any atom is -0.228 e. The molecule has 0 amide bonds. The summed E-state index contributed by atoms with van der Waals surface area (Å²) in [5, 5.41) is 5.16. The van der Waals surface area contributed by atoms with Crippen molar-refractivity contribution in [3.63, 3.8) is 0 Å². The van der Waals surface area contributed by atoms with Gasteiger partial charge in [-0.2, -0.15) is 5.10 Å². The Kier molecular flexibility index (Phi) is 3.04. The van der Waals surface area contributed by atoms with Crippen LogP contribution in [0.4, 0.5) is 0 Å². The van der Waals surface area contributed by atoms with Gasteiger partial charge in [-0.1, -0.05) is 29.3 Å². The van der Waals surface area contributed by atoms with Crippen LogP contribution in [-0.2, 0) is 0 Å². The van der Waals surface area contributed by atoms with Crippen LogP contribution in [0.25, 0.3) is 12.3 Å². The fraction of sp³-hybridized carbons (Fsp3) is 0. The molecule has 76 valence electrons. The minimum atomic E-state index is 0.610. The summed E-state index contributed by atoms with van der Waals surface area (Å²) in [7, 11) is 0. The maximum Gasteiger partial charge on any atom is 0.138 e. The second-order valence-electron chi connectivity index (χ2n) is 2.86. The molecule has 0 aliphatic rings. The van der Waals surface area contributed by atoms with Gasteiger partial charge in [0.05, 0.1) is 0 Å². The Balaban J connectivity index is 2.24. The van der Waals surface area contributed by atoms with E-state index in [0.717, 1.165) is 5.56 Å². The van der Waals surface area contributed by atoms with Gasteiger partial charge >= 0.3 is 0 Å². The van der Waals surface area contributed by atoms with E-state index >= 15 is 0 Å². The molecule has 15 heavy (non-hydrogen) atoms. The first kappa shape index (κ1) is 10.2. The zero-order valence-corrected chi connectivity index (χ0v) is 9.15. The first-order valence-electron chi connectivity index (χ1n) is 4.23. The van der Waals surface area contributed by atoms with Gasteiger partial charge in [-0.05, 0) is 23.8 Å². The predicted octanol–water partition coefficient (Wildman–Crippen LogP) is 3.21. The van der Waals surface area contributed by atoms with Crippen LogP contribution in [0.2, 0.25) is 10.0 Å². The number of nitrogens with zero attached hydrogens (tertiary/aromatic N) is 3. The average molecular weight is 240 g/mol. The average Bonchev–Trinajstić information content (AvgIpc) is 2.69. The largest absolute Gasteiger partial charge is 0.228 e. The van der Waals surface area contributed by atoms with Gasteiger partial charge in [0.25, 0.3) is 0 Å². The standard InChI is InChI=1S/C10H7Cl2N3/c11-9-2-1-8(10(12)5-9)3-4-15-7-13-6-14-15/h1-7H. The van der Waals surface area contributed by atoms with Crippen molar-refractivity contribution in [2.75, 3.05) is 0 Å². The quantitative estimate of drug-likeness (QED) is 0.806. The van der Waals surface area contributed by atoms with Crippen LogP contribution in [0.15, 0.2) is 30.9 Å². The molecule has 0 aliphatic heterocycles. The van der Waals surface area contributed by atoms with Crippen LogP contribution in [0.3, 0.4) is 0 Å². The van der Waals surface area contributed by atoms with Crippen LogP contribution in [0.5, 0.6) is 0 Å². The lowest BCUT2D eigenvalue weighted by Crippen LogP contribution is -1.84. The van der Waals surface area contributed by atoms with Gasteiger partial charge in [-0.3, -0.25) is 0 Å². The zero-order chi connectivity index (χ0) is 10.7. The van der Waals surface area contributed by atoms with Crippen LogP contribution in [0, 0.1) is 0 Å². The molecule has 0 bridgehead atoms. The highest BCUT2D eigenvalue weighted by Gasteiger charge is 1.96. The molecular weight excluding hydrogens is 233 g/mol. The number of hydrogen-bond acceptors (Lipinski definition) is 2. The Morgan fingerprint density at radius 2 is 2.13 bits per heavy atom. The number of hydrogen-bond donors (Lipinski definition) is 0. The molecule has 0 unspecified atom stereocenters. The Morgan fingerprint density at radius 1 is 1.27 bits per heavy atom. The molecule has 0 radical (unpaired) electrons. The van der Waals surface area contributed by atoms with Crippen molar-refractivity contribution < 1.29 is 0 Å². The maximum atomic E-state index is 5.99. The van der Waals surface area contributed by atoms with E-state index in [9.17, 15) is 0 Å². The summed E-state index contributed by atoms with van der Waals surface area (Å²) in [5.74, 6) is 0. The second kappa shape index (κ2) is 4.47. The molecule has 2 rings (SSSR count). The molecule has 0 spiro atoms. The molecule has 0 N–H and O–H groups in total. The fourth-order valence-electron chi connectivity index (χ4n) is 1.09. The molecule has 3 nitrogen and oxygen atoms in total. The van der Waals surface area contributed by atoms with E-state index in [1.165, 1.54) is 6.33 Å². The molecule has 0 fully saturated rings. The van der Waals surface area contributed by atoms with Crippen molar-refractivity contribution in [2.45, 2.75) is 0 Å². The summed E-state index contributed by atoms with van der Waals surface area (Å²) in [6.07, 6.45) is 6.67. The zero-order valence-electron chi connectivity index (χ0n) is 7.64. The van der Waals surface area contributed by atoms with Gasteiger partial charge in [0.1, 0.15) is 12.7 Å². The van der Waals surface area contributed by atoms with Crippen molar-refractivity contribution in [1.82, 2.24) is 14.8 Å². The van der Waals surface area contributed by atoms with E-state index in [0.29, 0.717) is 10.0 Å². The SMILES string of the molecule is Clc1ccc(C=Cn2cncn2)c(Cl)c1. The Hall–Kier alpha value is -1.32. The summed E-state index contributed by atoms with van der Waals surface area (Å²) in [6, 6.07) is 5.33. The van der Waals surface area contributed by atoms with E-state index in [-0.39, 0.29) is 0 Å². The molecule has 1 heterocycles. The highest BCUT2D eigenvalue weighted by atomic mass is 35.5. The molecule has 1 aromatic heterocycles. The third kappa shape index (κ3) is 2.58. The monoisotopic (exact) mass is 239 g/mol. The van der Waals surface area contributed by atoms with Gasteiger partial charge in [-0.25, -0.2) is 9.67 Å². The normalized spacial score (nSPS) is 11.1. The van der Waals surface area contributed by atoms with Crippen molar-refractivity contribution in [3.05, 3.63) is 46.5 Å². The van der Waals surface area contributed by atoms with Crippen LogP contribution in [-0.4, -0.2) is 14.8 Å². The molecule has 2 aromatic rings. The van der Waals surface area contributed by atoms with Crippen molar-refractivity contribution in [3.8, 4) is 0 Å². The van der Waals surface area contributed by atoms with Gasteiger partial charge in [0, 0.05) is 16.2 Å². The first-order valence-corrected chi connectivity index (χ1v) is 4.98. The summed E-state index contributed by atoms with van der Waals surface area (Å²) in [5.41, 5.74) is 0.886. The number of benzene rings is 1. The van der Waals surface area contributed by atoms with Crippen LogP contribution >= 0.6 is 23.2 Å². The van der Waals surface area contributed by atoms with E-state index < -0.39 is 0 Å². The summed E-state index contributed by atoms with van der Waals surface area (Å²) < 4.78 is 1.59. The lowest BCUT2D eigenvalue weighted by Gasteiger charge is -1.98. The smallest absolute Gasteiger partial charge is 0.138 e. The van der Waals surface area contributed by atoms with Gasteiger partial charge < -0.3 is 0 Å². The number of halogens is 2. The third-order valence-corrected chi connectivity index (χ3v) is 2.37. The fourth-order valence-corrected chi connectivity index (χ4v) is 1.56. The summed E-state index contributed by atoms with van der Waals surface area (Å²) in [6.45, 7) is 0. The third-order valence-electron chi connectivity index (χ3n) is 1.81. The van der Waals surface area contributed by atoms with Crippen molar-refractivity contribution in [2.24, 2.45) is 0 Å². The first-order chi connectivity index (χ1) is 7.25. The van der Waals surface area contributed by atoms with Gasteiger partial charge in [0.15, 0.2) is 0 Å². The number of aromatic nitrogens is 3. The lowest BCUT2D eigenvalue weighted by atomic mass is 10.2. The summed E-state index contributed by atoms with van der Waals surface area (Å²) in [4.78, 5) is 3.82. The molecule has 0 saturated heterocycles. The van der Waals surface area contributed by atoms with Crippen molar-refractivity contribution in [1.29, 1.82) is 0 Å². The second-order valence-corrected chi connectivity index (χ2v) is 3.70. The molecule has 5 heteroatoms. The predicted molar refractivity (Wildman–Crippen MR) is 61.7 cm³/mol. The Morgan fingerprint density at radius 3 is 2.80 bits per heavy atom.